The molecule has 104 valence electrons. The van der Waals surface area contributed by atoms with Gasteiger partial charge in [-0.1, -0.05) is 50.3 Å². The molecule has 3 heteroatoms. The highest BCUT2D eigenvalue weighted by Crippen LogP contribution is 2.27. The summed E-state index contributed by atoms with van der Waals surface area (Å²) in [5, 5.41) is 2.96. The maximum absolute atomic E-state index is 11.8. The zero-order chi connectivity index (χ0) is 13.5. The third-order valence-electron chi connectivity index (χ3n) is 4.04. The van der Waals surface area contributed by atoms with E-state index in [9.17, 15) is 4.79 Å². The molecule has 1 aliphatic carbocycles. The number of para-hydroxylation sites is 1. The van der Waals surface area contributed by atoms with Crippen LogP contribution in [0, 0.1) is 5.92 Å². The van der Waals surface area contributed by atoms with Crippen LogP contribution < -0.4 is 11.1 Å². The van der Waals surface area contributed by atoms with E-state index in [0.29, 0.717) is 13.0 Å². The van der Waals surface area contributed by atoms with Crippen molar-refractivity contribution < 1.29 is 4.79 Å². The lowest BCUT2D eigenvalue weighted by Crippen LogP contribution is -2.24. The van der Waals surface area contributed by atoms with E-state index in [4.69, 9.17) is 5.73 Å². The first kappa shape index (κ1) is 13.9. The molecule has 1 aromatic rings. The van der Waals surface area contributed by atoms with Crippen LogP contribution in [0.4, 0.5) is 5.69 Å². The second kappa shape index (κ2) is 7.17. The van der Waals surface area contributed by atoms with Gasteiger partial charge in [0.05, 0.1) is 0 Å². The third-order valence-corrected chi connectivity index (χ3v) is 4.04. The third kappa shape index (κ3) is 4.58. The number of carbonyl (C=O) groups excluding carboxylic acids is 1. The van der Waals surface area contributed by atoms with Gasteiger partial charge in [-0.25, -0.2) is 0 Å². The number of benzene rings is 1. The molecule has 0 atom stereocenters. The zero-order valence-corrected chi connectivity index (χ0v) is 11.5. The molecule has 0 saturated heterocycles. The Kier molecular flexibility index (Phi) is 5.25. The Morgan fingerprint density at radius 2 is 1.95 bits per heavy atom. The highest BCUT2D eigenvalue weighted by atomic mass is 16.1. The van der Waals surface area contributed by atoms with Gasteiger partial charge in [-0.05, 0) is 24.0 Å². The summed E-state index contributed by atoms with van der Waals surface area (Å²) in [6.07, 6.45) is 8.35. The monoisotopic (exact) mass is 260 g/mol. The van der Waals surface area contributed by atoms with Crippen molar-refractivity contribution in [3.8, 4) is 0 Å². The number of amides is 1. The normalized spacial score (nSPS) is 16.2. The van der Waals surface area contributed by atoms with Crippen molar-refractivity contribution in [2.75, 3.05) is 5.73 Å². The molecule has 1 fully saturated rings. The van der Waals surface area contributed by atoms with Crippen molar-refractivity contribution in [3.05, 3.63) is 29.8 Å². The summed E-state index contributed by atoms with van der Waals surface area (Å²) < 4.78 is 0. The van der Waals surface area contributed by atoms with Crippen molar-refractivity contribution in [1.29, 1.82) is 0 Å². The van der Waals surface area contributed by atoms with Crippen LogP contribution in [0.3, 0.4) is 0 Å². The van der Waals surface area contributed by atoms with Crippen molar-refractivity contribution in [1.82, 2.24) is 5.32 Å². The lowest BCUT2D eigenvalue weighted by atomic mass is 9.86. The van der Waals surface area contributed by atoms with E-state index in [0.717, 1.165) is 23.6 Å². The lowest BCUT2D eigenvalue weighted by Gasteiger charge is -2.21. The van der Waals surface area contributed by atoms with E-state index in [-0.39, 0.29) is 5.91 Å². The van der Waals surface area contributed by atoms with Gasteiger partial charge in [0.2, 0.25) is 5.91 Å². The van der Waals surface area contributed by atoms with Crippen molar-refractivity contribution in [3.63, 3.8) is 0 Å². The van der Waals surface area contributed by atoms with Crippen LogP contribution in [0.2, 0.25) is 0 Å². The van der Waals surface area contributed by atoms with Gasteiger partial charge in [0.25, 0.3) is 0 Å². The molecular weight excluding hydrogens is 236 g/mol. The minimum absolute atomic E-state index is 0.147. The first-order chi connectivity index (χ1) is 9.25. The Balaban J connectivity index is 1.68. The van der Waals surface area contributed by atoms with E-state index in [2.05, 4.69) is 5.32 Å². The molecule has 0 aromatic heterocycles. The second-order valence-electron chi connectivity index (χ2n) is 5.52. The standard InChI is InChI=1S/C16H24N2O/c17-15-9-5-4-8-14(15)12-18-16(19)11-10-13-6-2-1-3-7-13/h4-5,8-9,13H,1-3,6-7,10-12,17H2,(H,18,19). The molecule has 1 aliphatic rings. The van der Waals surface area contributed by atoms with Gasteiger partial charge in [-0.3, -0.25) is 4.79 Å². The van der Waals surface area contributed by atoms with Crippen molar-refractivity contribution in [2.24, 2.45) is 5.92 Å². The summed E-state index contributed by atoms with van der Waals surface area (Å²) in [7, 11) is 0. The number of carbonyl (C=O) groups is 1. The van der Waals surface area contributed by atoms with Gasteiger partial charge in [0.15, 0.2) is 0 Å². The number of hydrogen-bond acceptors (Lipinski definition) is 2. The molecule has 3 N–H and O–H groups in total. The van der Waals surface area contributed by atoms with Gasteiger partial charge in [-0.2, -0.15) is 0 Å². The molecular formula is C16H24N2O. The first-order valence-electron chi connectivity index (χ1n) is 7.36. The summed E-state index contributed by atoms with van der Waals surface area (Å²) in [6.45, 7) is 0.538. The van der Waals surface area contributed by atoms with Crippen LogP contribution in [-0.4, -0.2) is 5.91 Å². The largest absolute Gasteiger partial charge is 0.398 e. The summed E-state index contributed by atoms with van der Waals surface area (Å²) in [5.74, 6) is 0.912. The predicted molar refractivity (Wildman–Crippen MR) is 78.5 cm³/mol. The molecule has 0 spiro atoms. The van der Waals surface area contributed by atoms with E-state index in [1.165, 1.54) is 32.1 Å². The van der Waals surface area contributed by atoms with E-state index in [1.54, 1.807) is 0 Å². The highest BCUT2D eigenvalue weighted by Gasteiger charge is 2.14. The Morgan fingerprint density at radius 3 is 2.68 bits per heavy atom. The molecule has 0 aliphatic heterocycles. The van der Waals surface area contributed by atoms with Gasteiger partial charge in [-0.15, -0.1) is 0 Å². The van der Waals surface area contributed by atoms with Crippen LogP contribution in [0.25, 0.3) is 0 Å². The SMILES string of the molecule is Nc1ccccc1CNC(=O)CCC1CCCCC1. The zero-order valence-electron chi connectivity index (χ0n) is 11.5. The second-order valence-corrected chi connectivity index (χ2v) is 5.52. The number of anilines is 1. The lowest BCUT2D eigenvalue weighted by molar-refractivity contribution is -0.121. The maximum Gasteiger partial charge on any atom is 0.220 e. The quantitative estimate of drug-likeness (QED) is 0.798. The molecule has 1 amide bonds. The molecule has 1 saturated carbocycles. The van der Waals surface area contributed by atoms with Gasteiger partial charge < -0.3 is 11.1 Å². The van der Waals surface area contributed by atoms with Gasteiger partial charge >= 0.3 is 0 Å². The fourth-order valence-electron chi connectivity index (χ4n) is 2.79. The minimum atomic E-state index is 0.147. The highest BCUT2D eigenvalue weighted by molar-refractivity contribution is 5.76. The summed E-state index contributed by atoms with van der Waals surface area (Å²) in [5.41, 5.74) is 7.59. The summed E-state index contributed by atoms with van der Waals surface area (Å²) in [6, 6.07) is 7.67. The Morgan fingerprint density at radius 1 is 1.21 bits per heavy atom. The number of rotatable bonds is 5. The Bertz CT molecular complexity index is 411. The van der Waals surface area contributed by atoms with E-state index >= 15 is 0 Å². The first-order valence-corrected chi connectivity index (χ1v) is 7.36. The smallest absolute Gasteiger partial charge is 0.220 e. The van der Waals surface area contributed by atoms with Crippen molar-refractivity contribution in [2.45, 2.75) is 51.5 Å². The molecule has 0 heterocycles. The van der Waals surface area contributed by atoms with E-state index < -0.39 is 0 Å². The summed E-state index contributed by atoms with van der Waals surface area (Å²) in [4.78, 5) is 11.8. The average Bonchev–Trinajstić information content (AvgIpc) is 2.45. The molecule has 0 radical (unpaired) electrons. The van der Waals surface area contributed by atoms with Crippen LogP contribution in [0.5, 0.6) is 0 Å². The molecule has 2 rings (SSSR count). The fraction of sp³-hybridized carbons (Fsp3) is 0.562. The van der Waals surface area contributed by atoms with Crippen molar-refractivity contribution >= 4 is 11.6 Å². The molecule has 1 aromatic carbocycles. The number of hydrogen-bond donors (Lipinski definition) is 2. The Labute approximate surface area is 115 Å². The number of nitrogens with two attached hydrogens (primary N) is 1. The summed E-state index contributed by atoms with van der Waals surface area (Å²) >= 11 is 0. The van der Waals surface area contributed by atoms with Gasteiger partial charge in [0.1, 0.15) is 0 Å². The van der Waals surface area contributed by atoms with Crippen LogP contribution in [0.15, 0.2) is 24.3 Å². The predicted octanol–water partition coefficient (Wildman–Crippen LogP) is 3.25. The molecule has 3 nitrogen and oxygen atoms in total. The number of nitrogen functional groups attached to an aromatic ring is 1. The maximum atomic E-state index is 11.8. The topological polar surface area (TPSA) is 55.1 Å². The average molecular weight is 260 g/mol. The van der Waals surface area contributed by atoms with Crippen LogP contribution in [-0.2, 0) is 11.3 Å². The molecule has 19 heavy (non-hydrogen) atoms. The van der Waals surface area contributed by atoms with Crippen LogP contribution in [0.1, 0.15) is 50.5 Å². The van der Waals surface area contributed by atoms with E-state index in [1.807, 2.05) is 24.3 Å². The fourth-order valence-corrected chi connectivity index (χ4v) is 2.79. The number of nitrogens with one attached hydrogen (secondary N) is 1. The molecule has 0 unspecified atom stereocenters. The minimum Gasteiger partial charge on any atom is -0.398 e. The molecule has 0 bridgehead atoms. The Hall–Kier alpha value is -1.51. The van der Waals surface area contributed by atoms with Crippen LogP contribution >= 0.6 is 0 Å². The van der Waals surface area contributed by atoms with Gasteiger partial charge in [0, 0.05) is 18.7 Å².